The van der Waals surface area contributed by atoms with Gasteiger partial charge in [0.2, 0.25) is 0 Å². The molecule has 0 spiro atoms. The number of aromatic nitrogens is 3. The monoisotopic (exact) mass is 369 g/mol. The van der Waals surface area contributed by atoms with E-state index >= 15 is 0 Å². The van der Waals surface area contributed by atoms with Crippen molar-refractivity contribution in [3.05, 3.63) is 60.8 Å². The van der Waals surface area contributed by atoms with Crippen LogP contribution in [0.15, 0.2) is 60.8 Å². The van der Waals surface area contributed by atoms with Gasteiger partial charge in [0.15, 0.2) is 5.65 Å². The average molecular weight is 369 g/mol. The first-order chi connectivity index (χ1) is 13.6. The fourth-order valence-electron chi connectivity index (χ4n) is 3.89. The van der Waals surface area contributed by atoms with Crippen molar-refractivity contribution >= 4 is 27.8 Å². The van der Waals surface area contributed by atoms with Crippen LogP contribution < -0.4 is 10.6 Å². The fourth-order valence-corrected chi connectivity index (χ4v) is 3.89. The van der Waals surface area contributed by atoms with Gasteiger partial charge < -0.3 is 10.6 Å². The molecule has 5 heteroatoms. The lowest BCUT2D eigenvalue weighted by molar-refractivity contribution is 0.363. The van der Waals surface area contributed by atoms with Gasteiger partial charge in [0.05, 0.1) is 11.9 Å². The number of rotatable bonds is 2. The van der Waals surface area contributed by atoms with Crippen LogP contribution in [0.1, 0.15) is 19.8 Å². The van der Waals surface area contributed by atoms with Crippen LogP contribution in [0.3, 0.4) is 0 Å². The lowest BCUT2D eigenvalue weighted by atomic mass is 9.91. The van der Waals surface area contributed by atoms with E-state index in [1.807, 2.05) is 18.3 Å². The van der Waals surface area contributed by atoms with Gasteiger partial charge in [-0.2, -0.15) is 0 Å². The normalized spacial score (nSPS) is 16.6. The molecule has 0 bridgehead atoms. The van der Waals surface area contributed by atoms with Crippen molar-refractivity contribution < 1.29 is 0 Å². The first kappa shape index (κ1) is 17.1. The molecule has 28 heavy (non-hydrogen) atoms. The maximum atomic E-state index is 6.25. The maximum absolute atomic E-state index is 6.25. The zero-order valence-electron chi connectivity index (χ0n) is 16.0. The Morgan fingerprint density at radius 2 is 1.71 bits per heavy atom. The van der Waals surface area contributed by atoms with E-state index < -0.39 is 0 Å². The summed E-state index contributed by atoms with van der Waals surface area (Å²) in [5.41, 5.74) is 9.71. The van der Waals surface area contributed by atoms with Gasteiger partial charge in [0.1, 0.15) is 11.3 Å². The molecule has 0 radical (unpaired) electrons. The Hall–Kier alpha value is -3.05. The number of nitrogens with zero attached hydrogens (tertiary/aromatic N) is 4. The second kappa shape index (κ2) is 6.53. The summed E-state index contributed by atoms with van der Waals surface area (Å²) in [5.74, 6) is 0.905. The van der Waals surface area contributed by atoms with Crippen LogP contribution in [0.2, 0.25) is 0 Å². The van der Waals surface area contributed by atoms with Crippen molar-refractivity contribution in [3.63, 3.8) is 0 Å². The van der Waals surface area contributed by atoms with Crippen molar-refractivity contribution in [2.45, 2.75) is 25.3 Å². The molecule has 1 saturated heterocycles. The molecule has 0 saturated carbocycles. The van der Waals surface area contributed by atoms with Crippen LogP contribution in [-0.2, 0) is 0 Å². The SMILES string of the molecule is CC1(N)CCN(c2cnc3nc(-c4cccc5ccccc45)ccc3n2)CC1. The zero-order chi connectivity index (χ0) is 19.1. The summed E-state index contributed by atoms with van der Waals surface area (Å²) in [6, 6.07) is 18.7. The summed E-state index contributed by atoms with van der Waals surface area (Å²) < 4.78 is 0. The summed E-state index contributed by atoms with van der Waals surface area (Å²) >= 11 is 0. The second-order valence-corrected chi connectivity index (χ2v) is 7.94. The van der Waals surface area contributed by atoms with E-state index in [-0.39, 0.29) is 5.54 Å². The number of anilines is 1. The van der Waals surface area contributed by atoms with E-state index in [0.717, 1.165) is 48.5 Å². The molecule has 1 aliphatic rings. The highest BCUT2D eigenvalue weighted by Gasteiger charge is 2.26. The molecule has 0 unspecified atom stereocenters. The van der Waals surface area contributed by atoms with Crippen molar-refractivity contribution in [1.29, 1.82) is 0 Å². The Labute approximate surface area is 164 Å². The first-order valence-electron chi connectivity index (χ1n) is 9.75. The summed E-state index contributed by atoms with van der Waals surface area (Å²) in [6.07, 6.45) is 3.76. The predicted octanol–water partition coefficient (Wildman–Crippen LogP) is 4.16. The Morgan fingerprint density at radius 3 is 2.57 bits per heavy atom. The largest absolute Gasteiger partial charge is 0.355 e. The number of nitrogens with two attached hydrogens (primary N) is 1. The van der Waals surface area contributed by atoms with Crippen LogP contribution >= 0.6 is 0 Å². The maximum Gasteiger partial charge on any atom is 0.178 e. The van der Waals surface area contributed by atoms with Gasteiger partial charge in [-0.05, 0) is 42.7 Å². The van der Waals surface area contributed by atoms with E-state index in [1.165, 1.54) is 10.8 Å². The number of benzene rings is 2. The summed E-state index contributed by atoms with van der Waals surface area (Å²) in [6.45, 7) is 3.94. The molecule has 3 heterocycles. The molecule has 5 rings (SSSR count). The number of fused-ring (bicyclic) bond motifs is 2. The van der Waals surface area contributed by atoms with Crippen LogP contribution in [0.5, 0.6) is 0 Å². The van der Waals surface area contributed by atoms with Gasteiger partial charge in [-0.15, -0.1) is 0 Å². The molecule has 2 N–H and O–H groups in total. The van der Waals surface area contributed by atoms with Gasteiger partial charge in [-0.3, -0.25) is 0 Å². The van der Waals surface area contributed by atoms with Crippen LogP contribution in [0, 0.1) is 0 Å². The standard InChI is InChI=1S/C23H23N5/c1-23(24)11-13-28(14-12-23)21-15-25-22-20(26-21)10-9-19(27-22)18-8-4-6-16-5-2-3-7-17(16)18/h2-10,15H,11-14,24H2,1H3. The van der Waals surface area contributed by atoms with E-state index in [1.54, 1.807) is 0 Å². The van der Waals surface area contributed by atoms with Gasteiger partial charge in [0.25, 0.3) is 0 Å². The van der Waals surface area contributed by atoms with Crippen molar-refractivity contribution in [1.82, 2.24) is 15.0 Å². The molecule has 140 valence electrons. The molecule has 1 fully saturated rings. The number of hydrogen-bond acceptors (Lipinski definition) is 5. The van der Waals surface area contributed by atoms with E-state index in [2.05, 4.69) is 59.3 Å². The van der Waals surface area contributed by atoms with Gasteiger partial charge in [-0.25, -0.2) is 15.0 Å². The second-order valence-electron chi connectivity index (χ2n) is 7.94. The molecular weight excluding hydrogens is 346 g/mol. The van der Waals surface area contributed by atoms with Crippen molar-refractivity contribution in [2.24, 2.45) is 5.73 Å². The fraction of sp³-hybridized carbons (Fsp3) is 0.261. The third-order valence-corrected chi connectivity index (χ3v) is 5.69. The molecule has 0 atom stereocenters. The topological polar surface area (TPSA) is 67.9 Å². The average Bonchev–Trinajstić information content (AvgIpc) is 2.72. The highest BCUT2D eigenvalue weighted by atomic mass is 15.2. The number of pyridine rings is 1. The first-order valence-corrected chi connectivity index (χ1v) is 9.75. The predicted molar refractivity (Wildman–Crippen MR) is 114 cm³/mol. The highest BCUT2D eigenvalue weighted by Crippen LogP contribution is 2.29. The van der Waals surface area contributed by atoms with Crippen molar-refractivity contribution in [2.75, 3.05) is 18.0 Å². The molecule has 0 aliphatic carbocycles. The zero-order valence-corrected chi connectivity index (χ0v) is 16.0. The molecular formula is C23H23N5. The highest BCUT2D eigenvalue weighted by molar-refractivity contribution is 5.96. The minimum Gasteiger partial charge on any atom is -0.355 e. The third-order valence-electron chi connectivity index (χ3n) is 5.69. The molecule has 2 aromatic heterocycles. The summed E-state index contributed by atoms with van der Waals surface area (Å²) in [7, 11) is 0. The Kier molecular flexibility index (Phi) is 3.98. The number of hydrogen-bond donors (Lipinski definition) is 1. The Morgan fingerprint density at radius 1 is 0.929 bits per heavy atom. The molecule has 5 nitrogen and oxygen atoms in total. The lowest BCUT2D eigenvalue weighted by Crippen LogP contribution is -2.48. The van der Waals surface area contributed by atoms with Gasteiger partial charge in [-0.1, -0.05) is 42.5 Å². The van der Waals surface area contributed by atoms with E-state index in [0.29, 0.717) is 5.65 Å². The molecule has 0 amide bonds. The number of piperidine rings is 1. The quantitative estimate of drug-likeness (QED) is 0.574. The molecule has 4 aromatic rings. The summed E-state index contributed by atoms with van der Waals surface area (Å²) in [5, 5.41) is 2.40. The van der Waals surface area contributed by atoms with Gasteiger partial charge >= 0.3 is 0 Å². The van der Waals surface area contributed by atoms with Crippen LogP contribution in [0.25, 0.3) is 33.2 Å². The third kappa shape index (κ3) is 3.08. The minimum absolute atomic E-state index is 0.0737. The van der Waals surface area contributed by atoms with Gasteiger partial charge in [0, 0.05) is 24.2 Å². The Bertz CT molecular complexity index is 1150. The van der Waals surface area contributed by atoms with Crippen molar-refractivity contribution in [3.8, 4) is 11.3 Å². The smallest absolute Gasteiger partial charge is 0.178 e. The Balaban J connectivity index is 1.51. The molecule has 1 aliphatic heterocycles. The van der Waals surface area contributed by atoms with E-state index in [9.17, 15) is 0 Å². The minimum atomic E-state index is -0.0737. The summed E-state index contributed by atoms with van der Waals surface area (Å²) in [4.78, 5) is 16.5. The van der Waals surface area contributed by atoms with Crippen LogP contribution in [-0.4, -0.2) is 33.6 Å². The lowest BCUT2D eigenvalue weighted by Gasteiger charge is -2.37. The van der Waals surface area contributed by atoms with E-state index in [4.69, 9.17) is 15.7 Å². The van der Waals surface area contributed by atoms with Crippen LogP contribution in [0.4, 0.5) is 5.82 Å². The molecule has 2 aromatic carbocycles.